The second-order valence-electron chi connectivity index (χ2n) is 4.80. The number of amides is 1. The highest BCUT2D eigenvalue weighted by molar-refractivity contribution is 5.85. The largest absolute Gasteiger partial charge is 0.354 e. The fraction of sp³-hybridized carbons (Fsp3) is 0.462. The zero-order chi connectivity index (χ0) is 12.3. The molecular weight excluding hydrogens is 255 g/mol. The Bertz CT molecular complexity index is 421. The highest BCUT2D eigenvalue weighted by Gasteiger charge is 2.32. The van der Waals surface area contributed by atoms with Gasteiger partial charge in [0.05, 0.1) is 6.42 Å². The second kappa shape index (κ2) is 6.16. The number of nitrogens with two attached hydrogens (primary N) is 1. The molecule has 1 amide bonds. The fourth-order valence-electron chi connectivity index (χ4n) is 1.98. The van der Waals surface area contributed by atoms with Crippen LogP contribution < -0.4 is 11.1 Å². The van der Waals surface area contributed by atoms with Crippen molar-refractivity contribution < 1.29 is 9.18 Å². The Morgan fingerprint density at radius 1 is 1.44 bits per heavy atom. The number of carbonyl (C=O) groups excluding carboxylic acids is 1. The highest BCUT2D eigenvalue weighted by atomic mass is 35.5. The Morgan fingerprint density at radius 3 is 2.72 bits per heavy atom. The number of carbonyl (C=O) groups is 1. The molecule has 0 bridgehead atoms. The van der Waals surface area contributed by atoms with E-state index >= 15 is 0 Å². The van der Waals surface area contributed by atoms with E-state index in [1.807, 2.05) is 0 Å². The van der Waals surface area contributed by atoms with Gasteiger partial charge >= 0.3 is 0 Å². The third kappa shape index (κ3) is 3.96. The van der Waals surface area contributed by atoms with Gasteiger partial charge in [-0.1, -0.05) is 12.1 Å². The van der Waals surface area contributed by atoms with Crippen LogP contribution in [0, 0.1) is 5.82 Å². The SMILES string of the molecule is Cl.NC1(CNC(=O)Cc2cccc(F)c2)CCC1. The van der Waals surface area contributed by atoms with Crippen LogP contribution in [-0.4, -0.2) is 18.0 Å². The zero-order valence-corrected chi connectivity index (χ0v) is 10.9. The minimum Gasteiger partial charge on any atom is -0.354 e. The van der Waals surface area contributed by atoms with Crippen molar-refractivity contribution in [2.75, 3.05) is 6.54 Å². The van der Waals surface area contributed by atoms with Crippen molar-refractivity contribution in [3.8, 4) is 0 Å². The quantitative estimate of drug-likeness (QED) is 0.878. The van der Waals surface area contributed by atoms with E-state index in [0.717, 1.165) is 19.3 Å². The summed E-state index contributed by atoms with van der Waals surface area (Å²) in [4.78, 5) is 11.6. The van der Waals surface area contributed by atoms with Crippen LogP contribution in [0.3, 0.4) is 0 Å². The lowest BCUT2D eigenvalue weighted by atomic mass is 9.78. The minimum absolute atomic E-state index is 0. The molecule has 0 heterocycles. The first-order valence-corrected chi connectivity index (χ1v) is 5.87. The van der Waals surface area contributed by atoms with Crippen LogP contribution in [0.2, 0.25) is 0 Å². The Morgan fingerprint density at radius 2 is 2.17 bits per heavy atom. The summed E-state index contributed by atoms with van der Waals surface area (Å²) in [6.07, 6.45) is 3.27. The lowest BCUT2D eigenvalue weighted by Crippen LogP contribution is -2.55. The van der Waals surface area contributed by atoms with Crippen LogP contribution in [0.5, 0.6) is 0 Å². The maximum Gasteiger partial charge on any atom is 0.224 e. The van der Waals surface area contributed by atoms with Crippen LogP contribution in [0.1, 0.15) is 24.8 Å². The average molecular weight is 273 g/mol. The summed E-state index contributed by atoms with van der Waals surface area (Å²) in [6, 6.07) is 6.09. The minimum atomic E-state index is -0.315. The molecule has 1 aromatic rings. The van der Waals surface area contributed by atoms with E-state index < -0.39 is 0 Å². The molecule has 1 aromatic carbocycles. The molecule has 1 fully saturated rings. The van der Waals surface area contributed by atoms with Crippen LogP contribution in [-0.2, 0) is 11.2 Å². The zero-order valence-electron chi connectivity index (χ0n) is 10.1. The number of hydrogen-bond acceptors (Lipinski definition) is 2. The molecule has 1 saturated carbocycles. The maximum absolute atomic E-state index is 12.9. The topological polar surface area (TPSA) is 55.1 Å². The fourth-order valence-corrected chi connectivity index (χ4v) is 1.98. The number of halogens is 2. The Balaban J connectivity index is 0.00000162. The summed E-state index contributed by atoms with van der Waals surface area (Å²) < 4.78 is 12.9. The molecule has 1 aliphatic carbocycles. The van der Waals surface area contributed by atoms with Crippen molar-refractivity contribution in [3.05, 3.63) is 35.6 Å². The smallest absolute Gasteiger partial charge is 0.224 e. The van der Waals surface area contributed by atoms with Gasteiger partial charge in [-0.05, 0) is 37.0 Å². The molecule has 0 atom stereocenters. The molecule has 100 valence electrons. The van der Waals surface area contributed by atoms with Gasteiger partial charge in [0.2, 0.25) is 5.91 Å². The van der Waals surface area contributed by atoms with Gasteiger partial charge in [0.25, 0.3) is 0 Å². The van der Waals surface area contributed by atoms with Gasteiger partial charge in [0.1, 0.15) is 5.82 Å². The second-order valence-corrected chi connectivity index (χ2v) is 4.80. The average Bonchev–Trinajstić information content (AvgIpc) is 2.24. The van der Waals surface area contributed by atoms with Gasteiger partial charge in [-0.25, -0.2) is 4.39 Å². The first kappa shape index (κ1) is 14.9. The predicted octanol–water partition coefficient (Wildman–Crippen LogP) is 1.79. The first-order chi connectivity index (χ1) is 8.07. The molecule has 3 N–H and O–H groups in total. The van der Waals surface area contributed by atoms with E-state index in [1.54, 1.807) is 12.1 Å². The molecule has 1 aliphatic rings. The van der Waals surface area contributed by atoms with Crippen molar-refractivity contribution in [3.63, 3.8) is 0 Å². The van der Waals surface area contributed by atoms with Gasteiger partial charge in [-0.15, -0.1) is 12.4 Å². The van der Waals surface area contributed by atoms with Gasteiger partial charge in [-0.2, -0.15) is 0 Å². The molecule has 0 spiro atoms. The van der Waals surface area contributed by atoms with E-state index in [-0.39, 0.29) is 36.1 Å². The van der Waals surface area contributed by atoms with Gasteiger partial charge in [0.15, 0.2) is 0 Å². The molecule has 2 rings (SSSR count). The van der Waals surface area contributed by atoms with Crippen LogP contribution in [0.25, 0.3) is 0 Å². The monoisotopic (exact) mass is 272 g/mol. The molecular formula is C13H18ClFN2O. The third-order valence-corrected chi connectivity index (χ3v) is 3.24. The van der Waals surface area contributed by atoms with Crippen molar-refractivity contribution in [2.45, 2.75) is 31.2 Å². The van der Waals surface area contributed by atoms with Crippen molar-refractivity contribution >= 4 is 18.3 Å². The summed E-state index contributed by atoms with van der Waals surface area (Å²) in [5, 5.41) is 2.81. The van der Waals surface area contributed by atoms with Crippen molar-refractivity contribution in [1.82, 2.24) is 5.32 Å². The van der Waals surface area contributed by atoms with Crippen LogP contribution in [0.4, 0.5) is 4.39 Å². The Labute approximate surface area is 112 Å². The number of hydrogen-bond donors (Lipinski definition) is 2. The lowest BCUT2D eigenvalue weighted by Gasteiger charge is -2.38. The summed E-state index contributed by atoms with van der Waals surface area (Å²) in [6.45, 7) is 0.515. The van der Waals surface area contributed by atoms with Gasteiger partial charge < -0.3 is 11.1 Å². The molecule has 0 saturated heterocycles. The number of rotatable bonds is 4. The molecule has 0 unspecified atom stereocenters. The van der Waals surface area contributed by atoms with E-state index in [9.17, 15) is 9.18 Å². The van der Waals surface area contributed by atoms with E-state index in [4.69, 9.17) is 5.73 Å². The van der Waals surface area contributed by atoms with E-state index in [2.05, 4.69) is 5.32 Å². The molecule has 0 radical (unpaired) electrons. The van der Waals surface area contributed by atoms with Crippen molar-refractivity contribution in [2.24, 2.45) is 5.73 Å². The molecule has 18 heavy (non-hydrogen) atoms. The molecule has 0 aliphatic heterocycles. The predicted molar refractivity (Wildman–Crippen MR) is 71.1 cm³/mol. The summed E-state index contributed by atoms with van der Waals surface area (Å²) >= 11 is 0. The lowest BCUT2D eigenvalue weighted by molar-refractivity contribution is -0.120. The highest BCUT2D eigenvalue weighted by Crippen LogP contribution is 2.27. The van der Waals surface area contributed by atoms with Crippen molar-refractivity contribution in [1.29, 1.82) is 0 Å². The molecule has 5 heteroatoms. The van der Waals surface area contributed by atoms with E-state index in [0.29, 0.717) is 12.1 Å². The summed E-state index contributed by atoms with van der Waals surface area (Å²) in [5.74, 6) is -0.420. The maximum atomic E-state index is 12.9. The summed E-state index contributed by atoms with van der Waals surface area (Å²) in [5.41, 5.74) is 6.47. The van der Waals surface area contributed by atoms with Gasteiger partial charge in [0, 0.05) is 12.1 Å². The van der Waals surface area contributed by atoms with Crippen LogP contribution in [0.15, 0.2) is 24.3 Å². The first-order valence-electron chi connectivity index (χ1n) is 5.87. The van der Waals surface area contributed by atoms with E-state index in [1.165, 1.54) is 12.1 Å². The Kier molecular flexibility index (Phi) is 5.11. The number of benzene rings is 1. The third-order valence-electron chi connectivity index (χ3n) is 3.24. The standard InChI is InChI=1S/C13H17FN2O.ClH/c14-11-4-1-3-10(7-11)8-12(17)16-9-13(15)5-2-6-13;/h1,3-4,7H,2,5-6,8-9,15H2,(H,16,17);1H. The van der Waals surface area contributed by atoms with Crippen LogP contribution >= 0.6 is 12.4 Å². The molecule has 3 nitrogen and oxygen atoms in total. The summed E-state index contributed by atoms with van der Waals surface area (Å²) in [7, 11) is 0. The normalized spacial score (nSPS) is 16.3. The molecule has 0 aromatic heterocycles. The van der Waals surface area contributed by atoms with Gasteiger partial charge in [-0.3, -0.25) is 4.79 Å². The Hall–Kier alpha value is -1.13. The number of nitrogens with one attached hydrogen (secondary N) is 1.